The van der Waals surface area contributed by atoms with Crippen LogP contribution in [0.3, 0.4) is 0 Å². The zero-order valence-corrected chi connectivity index (χ0v) is 8.49. The van der Waals surface area contributed by atoms with Gasteiger partial charge in [-0.25, -0.2) is 9.97 Å². The van der Waals surface area contributed by atoms with Crippen LogP contribution >= 0.6 is 11.6 Å². The Morgan fingerprint density at radius 1 is 1.00 bits per heavy atom. The van der Waals surface area contributed by atoms with Crippen LogP contribution in [0.5, 0.6) is 0 Å². The molecule has 0 aliphatic rings. The first-order valence-corrected chi connectivity index (χ1v) is 4.68. The van der Waals surface area contributed by atoms with Gasteiger partial charge in [-0.3, -0.25) is 0 Å². The lowest BCUT2D eigenvalue weighted by Crippen LogP contribution is -1.88. The number of halogens is 1. The summed E-state index contributed by atoms with van der Waals surface area (Å²) in [4.78, 5) is 8.45. The molecule has 0 spiro atoms. The van der Waals surface area contributed by atoms with Gasteiger partial charge >= 0.3 is 0 Å². The van der Waals surface area contributed by atoms with Gasteiger partial charge in [-0.1, -0.05) is 11.6 Å². The summed E-state index contributed by atoms with van der Waals surface area (Å²) in [6, 6.07) is 7.49. The summed E-state index contributed by atoms with van der Waals surface area (Å²) in [6.07, 6.45) is 3.61. The van der Waals surface area contributed by atoms with Crippen molar-refractivity contribution in [2.75, 3.05) is 0 Å². The van der Waals surface area contributed by atoms with E-state index >= 15 is 0 Å². The fourth-order valence-corrected chi connectivity index (χ4v) is 1.27. The maximum atomic E-state index is 5.78. The Morgan fingerprint density at radius 3 is 2.14 bits per heavy atom. The van der Waals surface area contributed by atoms with E-state index in [-0.39, 0.29) is 0 Å². The monoisotopic (exact) mass is 204 g/mol. The van der Waals surface area contributed by atoms with Crippen LogP contribution in [-0.4, -0.2) is 9.97 Å². The molecule has 0 saturated carbocycles. The molecule has 0 aliphatic carbocycles. The molecule has 14 heavy (non-hydrogen) atoms. The van der Waals surface area contributed by atoms with Gasteiger partial charge in [-0.15, -0.1) is 0 Å². The number of hydrogen-bond acceptors (Lipinski definition) is 2. The average Bonchev–Trinajstić information content (AvgIpc) is 2.21. The number of hydrogen-bond donors (Lipinski definition) is 0. The van der Waals surface area contributed by atoms with Gasteiger partial charge in [0, 0.05) is 23.0 Å². The van der Waals surface area contributed by atoms with Crippen molar-refractivity contribution in [3.8, 4) is 11.4 Å². The summed E-state index contributed by atoms with van der Waals surface area (Å²) in [7, 11) is 0. The summed E-state index contributed by atoms with van der Waals surface area (Å²) in [5, 5.41) is 0.723. The summed E-state index contributed by atoms with van der Waals surface area (Å²) in [5.74, 6) is 0.729. The number of aryl methyl sites for hydroxylation is 1. The highest BCUT2D eigenvalue weighted by Gasteiger charge is 1.99. The standard InChI is InChI=1S/C11H9ClN2/c1-8-6-13-11(14-7-8)9-2-4-10(12)5-3-9/h2-7H,1H3. The molecule has 2 nitrogen and oxygen atoms in total. The molecule has 0 unspecified atom stereocenters. The lowest BCUT2D eigenvalue weighted by atomic mass is 10.2. The molecule has 1 aromatic carbocycles. The van der Waals surface area contributed by atoms with E-state index in [1.807, 2.05) is 31.2 Å². The predicted octanol–water partition coefficient (Wildman–Crippen LogP) is 3.11. The number of benzene rings is 1. The van der Waals surface area contributed by atoms with Gasteiger partial charge in [-0.2, -0.15) is 0 Å². The lowest BCUT2D eigenvalue weighted by molar-refractivity contribution is 1.14. The van der Waals surface area contributed by atoms with Crippen LogP contribution in [-0.2, 0) is 0 Å². The molecule has 0 fully saturated rings. The van der Waals surface area contributed by atoms with Crippen molar-refractivity contribution in [1.29, 1.82) is 0 Å². The lowest BCUT2D eigenvalue weighted by Gasteiger charge is -1.99. The molecular formula is C11H9ClN2. The van der Waals surface area contributed by atoms with E-state index in [0.717, 1.165) is 22.0 Å². The van der Waals surface area contributed by atoms with Crippen LogP contribution in [0.2, 0.25) is 5.02 Å². The SMILES string of the molecule is Cc1cnc(-c2ccc(Cl)cc2)nc1. The highest BCUT2D eigenvalue weighted by molar-refractivity contribution is 6.30. The maximum absolute atomic E-state index is 5.78. The first-order valence-electron chi connectivity index (χ1n) is 4.30. The Hall–Kier alpha value is -1.41. The predicted molar refractivity (Wildman–Crippen MR) is 57.2 cm³/mol. The highest BCUT2D eigenvalue weighted by atomic mass is 35.5. The third-order valence-corrected chi connectivity index (χ3v) is 2.14. The summed E-state index contributed by atoms with van der Waals surface area (Å²) >= 11 is 5.78. The molecule has 0 bridgehead atoms. The largest absolute Gasteiger partial charge is 0.236 e. The molecular weight excluding hydrogens is 196 g/mol. The van der Waals surface area contributed by atoms with E-state index in [1.165, 1.54) is 0 Å². The third kappa shape index (κ3) is 1.91. The van der Waals surface area contributed by atoms with E-state index < -0.39 is 0 Å². The average molecular weight is 205 g/mol. The van der Waals surface area contributed by atoms with Gasteiger partial charge in [0.05, 0.1) is 0 Å². The molecule has 0 aliphatic heterocycles. The van der Waals surface area contributed by atoms with Gasteiger partial charge in [0.1, 0.15) is 0 Å². The van der Waals surface area contributed by atoms with Gasteiger partial charge < -0.3 is 0 Å². The third-order valence-electron chi connectivity index (χ3n) is 1.88. The van der Waals surface area contributed by atoms with Gasteiger partial charge in [0.15, 0.2) is 5.82 Å². The quantitative estimate of drug-likeness (QED) is 0.714. The fraction of sp³-hybridized carbons (Fsp3) is 0.0909. The Balaban J connectivity index is 2.40. The van der Waals surface area contributed by atoms with Crippen molar-refractivity contribution in [3.63, 3.8) is 0 Å². The molecule has 0 saturated heterocycles. The van der Waals surface area contributed by atoms with Crippen molar-refractivity contribution in [2.24, 2.45) is 0 Å². The van der Waals surface area contributed by atoms with E-state index in [2.05, 4.69) is 9.97 Å². The highest BCUT2D eigenvalue weighted by Crippen LogP contribution is 2.17. The van der Waals surface area contributed by atoms with Crippen LogP contribution in [0.4, 0.5) is 0 Å². The number of nitrogens with zero attached hydrogens (tertiary/aromatic N) is 2. The molecule has 2 aromatic rings. The van der Waals surface area contributed by atoms with E-state index in [4.69, 9.17) is 11.6 Å². The smallest absolute Gasteiger partial charge is 0.159 e. The van der Waals surface area contributed by atoms with Gasteiger partial charge in [0.25, 0.3) is 0 Å². The second kappa shape index (κ2) is 3.76. The van der Waals surface area contributed by atoms with E-state index in [1.54, 1.807) is 12.4 Å². The molecule has 0 N–H and O–H groups in total. The molecule has 0 atom stereocenters. The zero-order chi connectivity index (χ0) is 9.97. The van der Waals surface area contributed by atoms with Crippen molar-refractivity contribution >= 4 is 11.6 Å². The van der Waals surface area contributed by atoms with Crippen molar-refractivity contribution in [2.45, 2.75) is 6.92 Å². The van der Waals surface area contributed by atoms with Crippen LogP contribution in [0.25, 0.3) is 11.4 Å². The Kier molecular flexibility index (Phi) is 2.46. The van der Waals surface area contributed by atoms with Crippen molar-refractivity contribution in [3.05, 3.63) is 47.2 Å². The van der Waals surface area contributed by atoms with Gasteiger partial charge in [0.2, 0.25) is 0 Å². The minimum absolute atomic E-state index is 0.723. The second-order valence-electron chi connectivity index (χ2n) is 3.09. The minimum atomic E-state index is 0.723. The first kappa shape index (κ1) is 9.16. The summed E-state index contributed by atoms with van der Waals surface area (Å²) < 4.78 is 0. The molecule has 2 rings (SSSR count). The summed E-state index contributed by atoms with van der Waals surface area (Å²) in [5.41, 5.74) is 2.04. The topological polar surface area (TPSA) is 25.8 Å². The maximum Gasteiger partial charge on any atom is 0.159 e. The summed E-state index contributed by atoms with van der Waals surface area (Å²) in [6.45, 7) is 1.96. The van der Waals surface area contributed by atoms with Crippen LogP contribution in [0, 0.1) is 6.92 Å². The molecule has 0 radical (unpaired) electrons. The number of aromatic nitrogens is 2. The molecule has 1 aromatic heterocycles. The first-order chi connectivity index (χ1) is 6.75. The Bertz CT molecular complexity index is 377. The Morgan fingerprint density at radius 2 is 1.57 bits per heavy atom. The zero-order valence-electron chi connectivity index (χ0n) is 7.74. The molecule has 70 valence electrons. The molecule has 0 amide bonds. The fourth-order valence-electron chi connectivity index (χ4n) is 1.14. The normalized spacial score (nSPS) is 10.1. The minimum Gasteiger partial charge on any atom is -0.236 e. The Labute approximate surface area is 87.6 Å². The van der Waals surface area contributed by atoms with Crippen LogP contribution in [0.1, 0.15) is 5.56 Å². The van der Waals surface area contributed by atoms with Gasteiger partial charge in [-0.05, 0) is 36.8 Å². The van der Waals surface area contributed by atoms with Crippen LogP contribution < -0.4 is 0 Å². The number of rotatable bonds is 1. The molecule has 1 heterocycles. The van der Waals surface area contributed by atoms with Crippen LogP contribution in [0.15, 0.2) is 36.7 Å². The second-order valence-corrected chi connectivity index (χ2v) is 3.53. The molecule has 3 heteroatoms. The van der Waals surface area contributed by atoms with Crippen molar-refractivity contribution in [1.82, 2.24) is 9.97 Å². The van der Waals surface area contributed by atoms with Crippen molar-refractivity contribution < 1.29 is 0 Å². The van der Waals surface area contributed by atoms with E-state index in [0.29, 0.717) is 0 Å². The van der Waals surface area contributed by atoms with E-state index in [9.17, 15) is 0 Å².